The highest BCUT2D eigenvalue weighted by Gasteiger charge is 2.45. The second-order valence-electron chi connectivity index (χ2n) is 9.83. The highest BCUT2D eigenvalue weighted by atomic mass is 16.3. The molecule has 2 aromatic rings. The molecule has 180 valence electrons. The molecule has 2 aliphatic rings. The summed E-state index contributed by atoms with van der Waals surface area (Å²) in [4.78, 5) is 41.6. The van der Waals surface area contributed by atoms with E-state index in [1.54, 1.807) is 11.9 Å². The number of rotatable bonds is 6. The molecule has 0 bridgehead atoms. The average Bonchev–Trinajstić information content (AvgIpc) is 3.28. The molecule has 7 heteroatoms. The zero-order valence-corrected chi connectivity index (χ0v) is 20.0. The summed E-state index contributed by atoms with van der Waals surface area (Å²) in [5.41, 5.74) is 2.17. The van der Waals surface area contributed by atoms with Crippen molar-refractivity contribution in [3.63, 3.8) is 0 Å². The van der Waals surface area contributed by atoms with Crippen LogP contribution in [0.5, 0.6) is 0 Å². The molecule has 3 amide bonds. The minimum Gasteiger partial charge on any atom is -0.383 e. The van der Waals surface area contributed by atoms with Crippen LogP contribution in [0.4, 0.5) is 5.69 Å². The number of aliphatic hydroxyl groups is 1. The van der Waals surface area contributed by atoms with E-state index in [9.17, 15) is 19.5 Å². The molecule has 0 aromatic heterocycles. The summed E-state index contributed by atoms with van der Waals surface area (Å²) >= 11 is 0. The largest absolute Gasteiger partial charge is 0.383 e. The molecule has 1 heterocycles. The standard InChI is InChI=1S/C27H33N3O4/c1-17(2)16-22(31)24(32)29-27(14-8-9-15-27)26(34)28-23-20-12-5-4-10-18(20)19-11-6-7-13-21(19)30(3)25(23)33/h4-7,10-13,17,22-23,31H,8-9,14-16H2,1-3H3,(H,28,34)(H,29,32)/t22-,23?/m0/s1. The first-order valence-electron chi connectivity index (χ1n) is 12.0. The van der Waals surface area contributed by atoms with Crippen LogP contribution in [0.15, 0.2) is 48.5 Å². The Hall–Kier alpha value is -3.19. The number of hydrogen-bond acceptors (Lipinski definition) is 4. The minimum atomic E-state index is -1.17. The maximum atomic E-state index is 13.7. The normalized spacial score (nSPS) is 19.7. The monoisotopic (exact) mass is 463 g/mol. The van der Waals surface area contributed by atoms with Crippen molar-refractivity contribution in [3.05, 3.63) is 54.1 Å². The average molecular weight is 464 g/mol. The van der Waals surface area contributed by atoms with Crippen LogP contribution in [0.1, 0.15) is 57.6 Å². The molecule has 3 N–H and O–H groups in total. The molecule has 1 saturated carbocycles. The van der Waals surface area contributed by atoms with E-state index in [4.69, 9.17) is 0 Å². The lowest BCUT2D eigenvalue weighted by atomic mass is 9.92. The summed E-state index contributed by atoms with van der Waals surface area (Å²) in [6, 6.07) is 14.4. The number of likely N-dealkylation sites (N-methyl/N-ethyl adjacent to an activating group) is 1. The van der Waals surface area contributed by atoms with Gasteiger partial charge in [0.05, 0.1) is 5.69 Å². The SMILES string of the molecule is CC(C)C[C@H](O)C(=O)NC1(C(=O)NC2C(=O)N(C)c3ccccc3-c3ccccc32)CCCC1. The van der Waals surface area contributed by atoms with Gasteiger partial charge in [-0.2, -0.15) is 0 Å². The van der Waals surface area contributed by atoms with Crippen molar-refractivity contribution in [3.8, 4) is 11.1 Å². The summed E-state index contributed by atoms with van der Waals surface area (Å²) in [7, 11) is 1.71. The fourth-order valence-corrected chi connectivity index (χ4v) is 5.10. The number of benzene rings is 2. The number of nitrogens with one attached hydrogen (secondary N) is 2. The lowest BCUT2D eigenvalue weighted by Crippen LogP contribution is -2.60. The van der Waals surface area contributed by atoms with Gasteiger partial charge >= 0.3 is 0 Å². The molecule has 2 aromatic carbocycles. The van der Waals surface area contributed by atoms with E-state index in [-0.39, 0.29) is 17.7 Å². The van der Waals surface area contributed by atoms with Gasteiger partial charge in [-0.15, -0.1) is 0 Å². The number of para-hydroxylation sites is 1. The molecule has 4 rings (SSSR count). The van der Waals surface area contributed by atoms with Crippen molar-refractivity contribution in [1.82, 2.24) is 10.6 Å². The first kappa shape index (κ1) is 24.0. The van der Waals surface area contributed by atoms with Gasteiger partial charge in [0, 0.05) is 12.6 Å². The number of fused-ring (bicyclic) bond motifs is 3. The Morgan fingerprint density at radius 3 is 2.35 bits per heavy atom. The zero-order chi connectivity index (χ0) is 24.5. The molecular formula is C27H33N3O4. The van der Waals surface area contributed by atoms with E-state index in [0.29, 0.717) is 19.3 Å². The lowest BCUT2D eigenvalue weighted by Gasteiger charge is -2.32. The van der Waals surface area contributed by atoms with Crippen LogP contribution in [0.25, 0.3) is 11.1 Å². The van der Waals surface area contributed by atoms with Crippen molar-refractivity contribution < 1.29 is 19.5 Å². The van der Waals surface area contributed by atoms with Crippen LogP contribution in [0.2, 0.25) is 0 Å². The summed E-state index contributed by atoms with van der Waals surface area (Å²) in [5.74, 6) is -1.03. The Morgan fingerprint density at radius 2 is 1.68 bits per heavy atom. The Labute approximate surface area is 200 Å². The number of carbonyl (C=O) groups is 3. The van der Waals surface area contributed by atoms with Crippen molar-refractivity contribution in [2.45, 2.75) is 63.6 Å². The Kier molecular flexibility index (Phi) is 6.75. The van der Waals surface area contributed by atoms with Crippen LogP contribution in [-0.4, -0.2) is 41.5 Å². The van der Waals surface area contributed by atoms with E-state index in [1.165, 1.54) is 0 Å². The van der Waals surface area contributed by atoms with Gasteiger partial charge < -0.3 is 20.6 Å². The van der Waals surface area contributed by atoms with E-state index >= 15 is 0 Å². The third kappa shape index (κ3) is 4.44. The van der Waals surface area contributed by atoms with Crippen LogP contribution < -0.4 is 15.5 Å². The quantitative estimate of drug-likeness (QED) is 0.612. The first-order chi connectivity index (χ1) is 16.2. The number of anilines is 1. The second-order valence-corrected chi connectivity index (χ2v) is 9.83. The third-order valence-corrected chi connectivity index (χ3v) is 6.93. The van der Waals surface area contributed by atoms with E-state index in [1.807, 2.05) is 62.4 Å². The number of hydrogen-bond donors (Lipinski definition) is 3. The smallest absolute Gasteiger partial charge is 0.253 e. The Balaban J connectivity index is 1.65. The maximum Gasteiger partial charge on any atom is 0.253 e. The van der Waals surface area contributed by atoms with Gasteiger partial charge in [0.15, 0.2) is 0 Å². The molecule has 0 spiro atoms. The van der Waals surface area contributed by atoms with E-state index in [2.05, 4.69) is 10.6 Å². The minimum absolute atomic E-state index is 0.145. The molecule has 1 aliphatic heterocycles. The number of amides is 3. The van der Waals surface area contributed by atoms with Gasteiger partial charge in [0.2, 0.25) is 11.8 Å². The van der Waals surface area contributed by atoms with Crippen molar-refractivity contribution in [1.29, 1.82) is 0 Å². The Morgan fingerprint density at radius 1 is 1.06 bits per heavy atom. The highest BCUT2D eigenvalue weighted by Crippen LogP contribution is 2.40. The molecule has 2 atom stereocenters. The fraction of sp³-hybridized carbons (Fsp3) is 0.444. The van der Waals surface area contributed by atoms with E-state index < -0.39 is 23.6 Å². The second kappa shape index (κ2) is 9.58. The van der Waals surface area contributed by atoms with Gasteiger partial charge in [-0.05, 0) is 42.4 Å². The van der Waals surface area contributed by atoms with Gasteiger partial charge in [0.1, 0.15) is 17.7 Å². The molecule has 1 fully saturated rings. The van der Waals surface area contributed by atoms with Crippen LogP contribution in [-0.2, 0) is 14.4 Å². The number of aliphatic hydroxyl groups excluding tert-OH is 1. The highest BCUT2D eigenvalue weighted by molar-refractivity contribution is 6.06. The van der Waals surface area contributed by atoms with Gasteiger partial charge in [-0.3, -0.25) is 14.4 Å². The number of nitrogens with zero attached hydrogens (tertiary/aromatic N) is 1. The first-order valence-corrected chi connectivity index (χ1v) is 12.0. The topological polar surface area (TPSA) is 98.7 Å². The maximum absolute atomic E-state index is 13.7. The molecular weight excluding hydrogens is 430 g/mol. The summed E-state index contributed by atoms with van der Waals surface area (Å²) in [6.45, 7) is 3.86. The van der Waals surface area contributed by atoms with Crippen molar-refractivity contribution in [2.75, 3.05) is 11.9 Å². The Bertz CT molecular complexity index is 1090. The number of carbonyl (C=O) groups excluding carboxylic acids is 3. The molecule has 34 heavy (non-hydrogen) atoms. The van der Waals surface area contributed by atoms with E-state index in [0.717, 1.165) is 35.2 Å². The zero-order valence-electron chi connectivity index (χ0n) is 20.0. The summed E-state index contributed by atoms with van der Waals surface area (Å²) in [6.07, 6.45) is 1.66. The lowest BCUT2D eigenvalue weighted by molar-refractivity contribution is -0.139. The van der Waals surface area contributed by atoms with Crippen molar-refractivity contribution >= 4 is 23.4 Å². The molecule has 7 nitrogen and oxygen atoms in total. The van der Waals surface area contributed by atoms with Gasteiger partial charge in [-0.25, -0.2) is 0 Å². The summed E-state index contributed by atoms with van der Waals surface area (Å²) in [5, 5.41) is 16.1. The fourth-order valence-electron chi connectivity index (χ4n) is 5.10. The van der Waals surface area contributed by atoms with Gasteiger partial charge in [-0.1, -0.05) is 69.2 Å². The van der Waals surface area contributed by atoms with Crippen LogP contribution in [0.3, 0.4) is 0 Å². The third-order valence-electron chi connectivity index (χ3n) is 6.93. The molecule has 1 unspecified atom stereocenters. The van der Waals surface area contributed by atoms with Gasteiger partial charge in [0.25, 0.3) is 5.91 Å². The molecule has 0 saturated heterocycles. The van der Waals surface area contributed by atoms with Crippen LogP contribution in [0, 0.1) is 5.92 Å². The van der Waals surface area contributed by atoms with Crippen molar-refractivity contribution in [2.24, 2.45) is 5.92 Å². The van der Waals surface area contributed by atoms with Crippen LogP contribution >= 0.6 is 0 Å². The predicted octanol–water partition coefficient (Wildman–Crippen LogP) is 3.32. The molecule has 0 radical (unpaired) electrons. The summed E-state index contributed by atoms with van der Waals surface area (Å²) < 4.78 is 0. The predicted molar refractivity (Wildman–Crippen MR) is 131 cm³/mol. The molecule has 1 aliphatic carbocycles.